The fraction of sp³-hybridized carbons (Fsp3) is 0.625. The first-order valence-electron chi connectivity index (χ1n) is 7.80. The summed E-state index contributed by atoms with van der Waals surface area (Å²) in [6, 6.07) is 0. The second-order valence-electron chi connectivity index (χ2n) is 4.26. The average molecular weight is 334 g/mol. The minimum atomic E-state index is -4.37. The first-order valence-corrected chi connectivity index (χ1v) is 7.80. The highest BCUT2D eigenvalue weighted by Gasteiger charge is 2.31. The van der Waals surface area contributed by atoms with Crippen molar-refractivity contribution in [2.24, 2.45) is 0 Å². The lowest BCUT2D eigenvalue weighted by atomic mass is 10.2. The summed E-state index contributed by atoms with van der Waals surface area (Å²) in [4.78, 5) is 6.84. The van der Waals surface area contributed by atoms with Crippen molar-refractivity contribution >= 4 is 5.95 Å². The molecule has 0 aromatic carbocycles. The minimum Gasteiger partial charge on any atom is -0.357 e. The van der Waals surface area contributed by atoms with E-state index in [1.807, 2.05) is 20.8 Å². The molecule has 0 radical (unpaired) electrons. The van der Waals surface area contributed by atoms with Crippen molar-refractivity contribution in [3.8, 4) is 0 Å². The third kappa shape index (κ3) is 13.7. The molecule has 1 saturated heterocycles. The molecule has 2 heterocycles. The van der Waals surface area contributed by atoms with Crippen molar-refractivity contribution in [1.29, 1.82) is 0 Å². The van der Waals surface area contributed by atoms with Crippen molar-refractivity contribution in [3.05, 3.63) is 30.6 Å². The second-order valence-corrected chi connectivity index (χ2v) is 4.26. The van der Waals surface area contributed by atoms with Gasteiger partial charge in [-0.3, -0.25) is 0 Å². The maximum Gasteiger partial charge on any atom is 0.419 e. The molecule has 134 valence electrons. The van der Waals surface area contributed by atoms with Crippen molar-refractivity contribution in [1.82, 2.24) is 15.3 Å². The summed E-state index contributed by atoms with van der Waals surface area (Å²) in [7, 11) is 1.53. The molecule has 0 aliphatic carbocycles. The van der Waals surface area contributed by atoms with Crippen LogP contribution in [0.4, 0.5) is 19.1 Å². The van der Waals surface area contributed by atoms with Crippen LogP contribution in [0, 0.1) is 0 Å². The van der Waals surface area contributed by atoms with Gasteiger partial charge >= 0.3 is 6.18 Å². The highest BCUT2D eigenvalue weighted by Crippen LogP contribution is 2.27. The Kier molecular flexibility index (Phi) is 15.7. The van der Waals surface area contributed by atoms with Crippen molar-refractivity contribution in [2.75, 3.05) is 25.5 Å². The van der Waals surface area contributed by atoms with E-state index in [-0.39, 0.29) is 5.95 Å². The first kappa shape index (κ1) is 23.6. The molecule has 23 heavy (non-hydrogen) atoms. The maximum absolute atomic E-state index is 11.9. The quantitative estimate of drug-likeness (QED) is 0.742. The Hall–Kier alpha value is -1.63. The number of halogens is 3. The van der Waals surface area contributed by atoms with Crippen LogP contribution in [0.1, 0.15) is 45.6 Å². The van der Waals surface area contributed by atoms with Gasteiger partial charge in [0.25, 0.3) is 0 Å². The SMILES string of the molecule is C1CCNCC1.C=CC.CC.CNc1ncc(C(F)(F)F)cn1. The van der Waals surface area contributed by atoms with Gasteiger partial charge in [0.05, 0.1) is 5.56 Å². The molecule has 2 N–H and O–H groups in total. The van der Waals surface area contributed by atoms with Gasteiger partial charge in [-0.1, -0.05) is 26.3 Å². The number of aromatic nitrogens is 2. The fourth-order valence-corrected chi connectivity index (χ4v) is 1.41. The number of nitrogens with zero attached hydrogens (tertiary/aromatic N) is 2. The number of allylic oxidation sites excluding steroid dienone is 1. The van der Waals surface area contributed by atoms with E-state index in [1.54, 1.807) is 6.08 Å². The third-order valence-corrected chi connectivity index (χ3v) is 2.41. The molecule has 2 rings (SSSR count). The lowest BCUT2D eigenvalue weighted by Gasteiger charge is -2.08. The molecule has 4 nitrogen and oxygen atoms in total. The molecule has 7 heteroatoms. The number of hydrogen-bond donors (Lipinski definition) is 2. The maximum atomic E-state index is 11.9. The van der Waals surface area contributed by atoms with E-state index < -0.39 is 11.7 Å². The van der Waals surface area contributed by atoms with E-state index in [4.69, 9.17) is 0 Å². The zero-order valence-corrected chi connectivity index (χ0v) is 14.5. The highest BCUT2D eigenvalue weighted by molar-refractivity contribution is 5.24. The number of piperidine rings is 1. The predicted octanol–water partition coefficient (Wildman–Crippen LogP) is 4.52. The van der Waals surface area contributed by atoms with Gasteiger partial charge in [-0.15, -0.1) is 6.58 Å². The Labute approximate surface area is 137 Å². The smallest absolute Gasteiger partial charge is 0.357 e. The van der Waals surface area contributed by atoms with Gasteiger partial charge in [-0.25, -0.2) is 9.97 Å². The summed E-state index contributed by atoms with van der Waals surface area (Å²) in [6.45, 7) is 11.8. The van der Waals surface area contributed by atoms with Crippen LogP contribution in [-0.2, 0) is 6.18 Å². The van der Waals surface area contributed by atoms with Gasteiger partial charge in [0.15, 0.2) is 0 Å². The Morgan fingerprint density at radius 3 is 1.78 bits per heavy atom. The third-order valence-electron chi connectivity index (χ3n) is 2.41. The van der Waals surface area contributed by atoms with Crippen molar-refractivity contribution < 1.29 is 13.2 Å². The Bertz CT molecular complexity index is 362. The van der Waals surface area contributed by atoms with E-state index in [0.717, 1.165) is 12.4 Å². The van der Waals surface area contributed by atoms with Crippen LogP contribution in [-0.4, -0.2) is 30.1 Å². The Morgan fingerprint density at radius 1 is 1.13 bits per heavy atom. The summed E-state index contributed by atoms with van der Waals surface area (Å²) in [5.74, 6) is 0.169. The molecule has 0 unspecified atom stereocenters. The van der Waals surface area contributed by atoms with Crippen LogP contribution in [0.2, 0.25) is 0 Å². The predicted molar refractivity (Wildman–Crippen MR) is 90.5 cm³/mol. The molecule has 1 aromatic heterocycles. The first-order chi connectivity index (χ1) is 11.0. The molecule has 1 fully saturated rings. The van der Waals surface area contributed by atoms with Crippen LogP contribution in [0.15, 0.2) is 25.0 Å². The van der Waals surface area contributed by atoms with Gasteiger partial charge in [0, 0.05) is 19.4 Å². The number of alkyl halides is 3. The molecular weight excluding hydrogens is 305 g/mol. The molecule has 0 bridgehead atoms. The van der Waals surface area contributed by atoms with E-state index in [1.165, 1.54) is 39.4 Å². The topological polar surface area (TPSA) is 49.8 Å². The molecular formula is C16H29F3N4. The van der Waals surface area contributed by atoms with Crippen LogP contribution in [0.3, 0.4) is 0 Å². The van der Waals surface area contributed by atoms with Gasteiger partial charge in [-0.05, 0) is 32.9 Å². The zero-order chi connectivity index (χ0) is 18.1. The van der Waals surface area contributed by atoms with Crippen LogP contribution >= 0.6 is 0 Å². The van der Waals surface area contributed by atoms with Gasteiger partial charge in [0.2, 0.25) is 5.95 Å². The molecule has 0 amide bonds. The molecule has 1 aliphatic heterocycles. The number of hydrogen-bond acceptors (Lipinski definition) is 4. The normalized spacial score (nSPS) is 13.0. The highest BCUT2D eigenvalue weighted by atomic mass is 19.4. The second kappa shape index (κ2) is 15.3. The van der Waals surface area contributed by atoms with Gasteiger partial charge in [0.1, 0.15) is 0 Å². The fourth-order valence-electron chi connectivity index (χ4n) is 1.41. The van der Waals surface area contributed by atoms with Gasteiger partial charge in [-0.2, -0.15) is 13.2 Å². The summed E-state index contributed by atoms with van der Waals surface area (Å²) < 4.78 is 35.8. The Morgan fingerprint density at radius 2 is 1.57 bits per heavy atom. The van der Waals surface area contributed by atoms with E-state index in [0.29, 0.717) is 0 Å². The molecule has 0 spiro atoms. The zero-order valence-electron chi connectivity index (χ0n) is 14.5. The largest absolute Gasteiger partial charge is 0.419 e. The van der Waals surface area contributed by atoms with Crippen LogP contribution in [0.25, 0.3) is 0 Å². The number of nitrogens with one attached hydrogen (secondary N) is 2. The monoisotopic (exact) mass is 334 g/mol. The Balaban J connectivity index is 0. The van der Waals surface area contributed by atoms with Crippen LogP contribution in [0.5, 0.6) is 0 Å². The molecule has 0 saturated carbocycles. The van der Waals surface area contributed by atoms with E-state index in [9.17, 15) is 13.2 Å². The molecule has 1 aliphatic rings. The van der Waals surface area contributed by atoms with E-state index in [2.05, 4.69) is 27.2 Å². The number of rotatable bonds is 1. The molecule has 0 atom stereocenters. The molecule has 1 aromatic rings. The summed E-state index contributed by atoms with van der Waals surface area (Å²) >= 11 is 0. The lowest BCUT2D eigenvalue weighted by Crippen LogP contribution is -2.21. The van der Waals surface area contributed by atoms with Crippen molar-refractivity contribution in [2.45, 2.75) is 46.2 Å². The lowest BCUT2D eigenvalue weighted by molar-refractivity contribution is -0.138. The number of anilines is 1. The average Bonchev–Trinajstić information content (AvgIpc) is 2.59. The summed E-state index contributed by atoms with van der Waals surface area (Å²) in [5.41, 5.74) is -0.846. The standard InChI is InChI=1S/C6H6F3N3.C5H11N.C3H6.C2H6/c1-10-5-11-2-4(3-12-5)6(7,8)9;1-2-4-6-5-3-1;1-3-2;1-2/h2-3H,1H3,(H,10,11,12);6H,1-5H2;3H,1H2,2H3;1-2H3. The van der Waals surface area contributed by atoms with Gasteiger partial charge < -0.3 is 10.6 Å². The van der Waals surface area contributed by atoms with Crippen molar-refractivity contribution in [3.63, 3.8) is 0 Å². The minimum absolute atomic E-state index is 0.169. The summed E-state index contributed by atoms with van der Waals surface area (Å²) in [6.07, 6.45) is 3.07. The van der Waals surface area contributed by atoms with E-state index >= 15 is 0 Å². The summed E-state index contributed by atoms with van der Waals surface area (Å²) in [5, 5.41) is 5.80. The van der Waals surface area contributed by atoms with Crippen LogP contribution < -0.4 is 10.6 Å².